The van der Waals surface area contributed by atoms with Gasteiger partial charge in [-0.15, -0.1) is 0 Å². The lowest BCUT2D eigenvalue weighted by Crippen LogP contribution is -2.28. The van der Waals surface area contributed by atoms with E-state index in [0.717, 1.165) is 6.07 Å². The zero-order chi connectivity index (χ0) is 19.9. The molecule has 2 heterocycles. The van der Waals surface area contributed by atoms with Gasteiger partial charge in [0.15, 0.2) is 5.82 Å². The first-order valence-electron chi connectivity index (χ1n) is 7.91. The molecule has 0 amide bonds. The van der Waals surface area contributed by atoms with Crippen LogP contribution in [-0.4, -0.2) is 15.1 Å². The van der Waals surface area contributed by atoms with Crippen LogP contribution >= 0.6 is 0 Å². The third-order valence-electron chi connectivity index (χ3n) is 4.26. The molecule has 1 aromatic heterocycles. The number of nitrogens with one attached hydrogen (secondary N) is 1. The summed E-state index contributed by atoms with van der Waals surface area (Å²) in [6, 6.07) is 4.77. The lowest BCUT2D eigenvalue weighted by atomic mass is 9.81. The molecule has 1 aromatic carbocycles. The molecule has 0 bridgehead atoms. The van der Waals surface area contributed by atoms with Gasteiger partial charge in [-0.3, -0.25) is 10.1 Å². The van der Waals surface area contributed by atoms with Crippen LogP contribution in [0.4, 0.5) is 13.2 Å². The Balaban J connectivity index is 2.33. The van der Waals surface area contributed by atoms with Gasteiger partial charge in [-0.05, 0) is 32.4 Å². The smallest absolute Gasteiger partial charge is 0.357 e. The van der Waals surface area contributed by atoms with Crippen molar-refractivity contribution in [2.75, 3.05) is 0 Å². The number of dihydropyridines is 1. The van der Waals surface area contributed by atoms with Crippen molar-refractivity contribution in [3.63, 3.8) is 0 Å². The fourth-order valence-electron chi connectivity index (χ4n) is 3.22. The molecule has 1 aliphatic heterocycles. The SMILES string of the molecule is CC1=C(c2nc(C)no2)C(c2ccccc2C(F)(F)F)C([N+](=O)[O-])=C(C)N1. The van der Waals surface area contributed by atoms with E-state index in [1.807, 2.05) is 0 Å². The summed E-state index contributed by atoms with van der Waals surface area (Å²) < 4.78 is 45.9. The number of rotatable bonds is 3. The second-order valence-electron chi connectivity index (χ2n) is 6.10. The predicted octanol–water partition coefficient (Wildman–Crippen LogP) is 4.02. The zero-order valence-corrected chi connectivity index (χ0v) is 14.6. The molecule has 3 rings (SSSR count). The molecule has 142 valence electrons. The van der Waals surface area contributed by atoms with Gasteiger partial charge in [0.2, 0.25) is 0 Å². The molecule has 1 unspecified atom stereocenters. The van der Waals surface area contributed by atoms with Gasteiger partial charge in [0.1, 0.15) is 5.92 Å². The van der Waals surface area contributed by atoms with Crippen LogP contribution in [0.3, 0.4) is 0 Å². The minimum atomic E-state index is -4.68. The number of benzene rings is 1. The number of aromatic nitrogens is 2. The summed E-state index contributed by atoms with van der Waals surface area (Å²) in [4.78, 5) is 15.1. The van der Waals surface area contributed by atoms with Gasteiger partial charge in [-0.1, -0.05) is 23.4 Å². The summed E-state index contributed by atoms with van der Waals surface area (Å²) in [5.41, 5.74) is -0.899. The van der Waals surface area contributed by atoms with E-state index < -0.39 is 28.3 Å². The minimum Gasteiger partial charge on any atom is -0.357 e. The number of hydrogen-bond acceptors (Lipinski definition) is 6. The van der Waals surface area contributed by atoms with Crippen molar-refractivity contribution in [1.82, 2.24) is 15.5 Å². The molecular weight excluding hydrogens is 365 g/mol. The lowest BCUT2D eigenvalue weighted by Gasteiger charge is -2.27. The maximum atomic E-state index is 13.6. The van der Waals surface area contributed by atoms with E-state index in [4.69, 9.17) is 4.52 Å². The molecular formula is C17H15F3N4O3. The fraction of sp³-hybridized carbons (Fsp3) is 0.294. The van der Waals surface area contributed by atoms with Crippen molar-refractivity contribution in [2.24, 2.45) is 0 Å². The highest BCUT2D eigenvalue weighted by molar-refractivity contribution is 5.74. The molecule has 0 fully saturated rings. The monoisotopic (exact) mass is 380 g/mol. The number of allylic oxidation sites excluding steroid dienone is 3. The van der Waals surface area contributed by atoms with Crippen LogP contribution in [-0.2, 0) is 6.18 Å². The molecule has 7 nitrogen and oxygen atoms in total. The Bertz CT molecular complexity index is 976. The molecule has 0 saturated heterocycles. The molecule has 27 heavy (non-hydrogen) atoms. The van der Waals surface area contributed by atoms with Crippen LogP contribution in [0.25, 0.3) is 5.57 Å². The van der Waals surface area contributed by atoms with Gasteiger partial charge in [0.05, 0.1) is 21.8 Å². The highest BCUT2D eigenvalue weighted by Crippen LogP contribution is 2.46. The minimum absolute atomic E-state index is 0.0636. The van der Waals surface area contributed by atoms with Crippen LogP contribution in [0.1, 0.15) is 42.6 Å². The standard InChI is InChI=1S/C17H15F3N4O3/c1-8-13(16-22-10(3)23-27-16)14(15(24(25)26)9(2)21-8)11-6-4-5-7-12(11)17(18,19)20/h4-7,14,21H,1-3H3. The second kappa shape index (κ2) is 6.53. The van der Waals surface area contributed by atoms with Gasteiger partial charge in [-0.25, -0.2) is 0 Å². The van der Waals surface area contributed by atoms with Gasteiger partial charge in [0.25, 0.3) is 11.6 Å². The molecule has 10 heteroatoms. The molecule has 1 aliphatic rings. The number of nitro groups is 1. The molecule has 2 aromatic rings. The number of hydrogen-bond donors (Lipinski definition) is 1. The van der Waals surface area contributed by atoms with E-state index in [1.54, 1.807) is 13.8 Å². The van der Waals surface area contributed by atoms with Gasteiger partial charge >= 0.3 is 6.18 Å². The van der Waals surface area contributed by atoms with Crippen molar-refractivity contribution in [3.8, 4) is 0 Å². The van der Waals surface area contributed by atoms with Gasteiger partial charge in [-0.2, -0.15) is 18.2 Å². The maximum absolute atomic E-state index is 13.6. The summed E-state index contributed by atoms with van der Waals surface area (Å²) in [6.45, 7) is 4.59. The summed E-state index contributed by atoms with van der Waals surface area (Å²) in [6.07, 6.45) is -4.68. The van der Waals surface area contributed by atoms with Crippen molar-refractivity contribution in [1.29, 1.82) is 0 Å². The summed E-state index contributed by atoms with van der Waals surface area (Å²) >= 11 is 0. The zero-order valence-electron chi connectivity index (χ0n) is 14.6. The summed E-state index contributed by atoms with van der Waals surface area (Å²) in [5.74, 6) is -1.12. The molecule has 0 radical (unpaired) electrons. The fourth-order valence-corrected chi connectivity index (χ4v) is 3.22. The van der Waals surface area contributed by atoms with E-state index in [2.05, 4.69) is 15.5 Å². The highest BCUT2D eigenvalue weighted by atomic mass is 19.4. The first kappa shape index (κ1) is 18.6. The average molecular weight is 380 g/mol. The van der Waals surface area contributed by atoms with E-state index in [-0.39, 0.29) is 28.5 Å². The Kier molecular flexibility index (Phi) is 4.50. The Morgan fingerprint density at radius 3 is 2.41 bits per heavy atom. The quantitative estimate of drug-likeness (QED) is 0.638. The Morgan fingerprint density at radius 1 is 1.19 bits per heavy atom. The predicted molar refractivity (Wildman–Crippen MR) is 88.6 cm³/mol. The van der Waals surface area contributed by atoms with E-state index >= 15 is 0 Å². The van der Waals surface area contributed by atoms with Crippen LogP contribution in [0.5, 0.6) is 0 Å². The summed E-state index contributed by atoms with van der Waals surface area (Å²) in [5, 5.41) is 18.2. The third kappa shape index (κ3) is 3.29. The van der Waals surface area contributed by atoms with Crippen molar-refractivity contribution in [2.45, 2.75) is 32.9 Å². The summed E-state index contributed by atoms with van der Waals surface area (Å²) in [7, 11) is 0. The molecule has 1 atom stereocenters. The third-order valence-corrected chi connectivity index (χ3v) is 4.26. The number of aryl methyl sites for hydroxylation is 1. The number of alkyl halides is 3. The Morgan fingerprint density at radius 2 is 1.85 bits per heavy atom. The highest BCUT2D eigenvalue weighted by Gasteiger charge is 2.44. The second-order valence-corrected chi connectivity index (χ2v) is 6.10. The van der Waals surface area contributed by atoms with Gasteiger partial charge in [0, 0.05) is 5.70 Å². The topological polar surface area (TPSA) is 94.1 Å². The van der Waals surface area contributed by atoms with Crippen LogP contribution < -0.4 is 5.32 Å². The van der Waals surface area contributed by atoms with E-state index in [1.165, 1.54) is 25.1 Å². The van der Waals surface area contributed by atoms with Crippen molar-refractivity contribution >= 4 is 5.57 Å². The first-order chi connectivity index (χ1) is 12.6. The van der Waals surface area contributed by atoms with Crippen LogP contribution in [0.2, 0.25) is 0 Å². The lowest BCUT2D eigenvalue weighted by molar-refractivity contribution is -0.430. The van der Waals surface area contributed by atoms with E-state index in [9.17, 15) is 23.3 Å². The number of halogens is 3. The number of nitrogens with zero attached hydrogens (tertiary/aromatic N) is 3. The Hall–Kier alpha value is -3.17. The normalized spacial score (nSPS) is 17.9. The van der Waals surface area contributed by atoms with Crippen molar-refractivity contribution in [3.05, 3.63) is 74.3 Å². The van der Waals surface area contributed by atoms with Crippen LogP contribution in [0, 0.1) is 17.0 Å². The molecule has 0 aliphatic carbocycles. The largest absolute Gasteiger partial charge is 0.416 e. The average Bonchev–Trinajstić information content (AvgIpc) is 2.98. The first-order valence-corrected chi connectivity index (χ1v) is 7.91. The Labute approximate surface area is 151 Å². The van der Waals surface area contributed by atoms with Crippen LogP contribution in [0.15, 0.2) is 45.9 Å². The molecule has 0 spiro atoms. The maximum Gasteiger partial charge on any atom is 0.416 e. The van der Waals surface area contributed by atoms with E-state index in [0.29, 0.717) is 5.70 Å². The van der Waals surface area contributed by atoms with Gasteiger partial charge < -0.3 is 9.84 Å². The van der Waals surface area contributed by atoms with Crippen molar-refractivity contribution < 1.29 is 22.6 Å². The molecule has 1 N–H and O–H groups in total. The molecule has 0 saturated carbocycles.